The van der Waals surface area contributed by atoms with Crippen molar-refractivity contribution in [2.45, 2.75) is 54.3 Å². The standard InChI is InChI=1S/C25H27ClF3NO6S/c1-13(31)11-36-12-25(33)15-3-4-16(25)8-18(7-15)37(34,35)22-6-14(2-5-19(22)26)24(32)30-17-9-20(27)23(29)21(28)10-17/h2,5-6,9-10,13,15-16,18,31,33H,3-4,7-8,11-12H2,1H3,(H,30,32)/t13?,15-,16?,18?,25?/m0/s1/i3D2,4D2,18D. The van der Waals surface area contributed by atoms with Gasteiger partial charge in [0.05, 0.1) is 40.1 Å². The molecule has 2 aromatic carbocycles. The van der Waals surface area contributed by atoms with E-state index in [1.807, 2.05) is 0 Å². The summed E-state index contributed by atoms with van der Waals surface area (Å²) in [6.07, 6.45) is -8.26. The number of aliphatic hydroxyl groups is 2. The molecular formula is C25H27ClF3NO6S. The lowest BCUT2D eigenvalue weighted by molar-refractivity contribution is -0.121. The molecule has 0 aromatic heterocycles. The maximum atomic E-state index is 13.9. The van der Waals surface area contributed by atoms with E-state index in [-0.39, 0.29) is 12.2 Å². The van der Waals surface area contributed by atoms with E-state index in [0.717, 1.165) is 18.2 Å². The van der Waals surface area contributed by atoms with Crippen LogP contribution in [0.2, 0.25) is 5.02 Å². The number of anilines is 1. The van der Waals surface area contributed by atoms with E-state index in [1.54, 1.807) is 0 Å². The van der Waals surface area contributed by atoms with Crippen LogP contribution >= 0.6 is 11.6 Å². The fourth-order valence-corrected chi connectivity index (χ4v) is 6.45. The van der Waals surface area contributed by atoms with Crippen LogP contribution in [-0.4, -0.2) is 54.7 Å². The van der Waals surface area contributed by atoms with Crippen molar-refractivity contribution < 1.29 is 48.2 Å². The Hall–Kier alpha value is -2.18. The summed E-state index contributed by atoms with van der Waals surface area (Å²) in [5.74, 6) is -9.44. The fraction of sp³-hybridized carbons (Fsp3) is 0.480. The van der Waals surface area contributed by atoms with Crippen molar-refractivity contribution in [3.8, 4) is 0 Å². The Balaban J connectivity index is 1.69. The third kappa shape index (κ3) is 5.51. The number of halogens is 4. The molecule has 2 aliphatic rings. The maximum Gasteiger partial charge on any atom is 0.255 e. The first-order valence-electron chi connectivity index (χ1n) is 13.7. The van der Waals surface area contributed by atoms with Crippen molar-refractivity contribution in [1.82, 2.24) is 0 Å². The highest BCUT2D eigenvalue weighted by atomic mass is 35.5. The smallest absolute Gasteiger partial charge is 0.255 e. The Kier molecular flexibility index (Phi) is 6.18. The number of rotatable bonds is 8. The zero-order chi connectivity index (χ0) is 31.6. The van der Waals surface area contributed by atoms with Gasteiger partial charge in [-0.15, -0.1) is 0 Å². The van der Waals surface area contributed by atoms with E-state index in [4.69, 9.17) is 23.2 Å². The second-order valence-electron chi connectivity index (χ2n) is 9.05. The van der Waals surface area contributed by atoms with Crippen LogP contribution in [0.15, 0.2) is 35.2 Å². The van der Waals surface area contributed by atoms with Crippen LogP contribution in [0, 0.1) is 29.3 Å². The van der Waals surface area contributed by atoms with Crippen molar-refractivity contribution in [3.05, 3.63) is 58.4 Å². The van der Waals surface area contributed by atoms with Gasteiger partial charge in [0.1, 0.15) is 0 Å². The molecule has 0 heterocycles. The first-order chi connectivity index (χ1) is 19.2. The molecule has 5 atom stereocenters. The summed E-state index contributed by atoms with van der Waals surface area (Å²) in [5, 5.41) is 20.0. The quantitative estimate of drug-likeness (QED) is 0.415. The molecule has 2 saturated carbocycles. The topological polar surface area (TPSA) is 113 Å². The van der Waals surface area contributed by atoms with Crippen LogP contribution in [0.25, 0.3) is 0 Å². The molecule has 0 saturated heterocycles. The second kappa shape index (κ2) is 10.5. The molecule has 2 aliphatic carbocycles. The predicted molar refractivity (Wildman–Crippen MR) is 130 cm³/mol. The van der Waals surface area contributed by atoms with Gasteiger partial charge in [-0.1, -0.05) is 11.6 Å². The molecule has 37 heavy (non-hydrogen) atoms. The Bertz CT molecular complexity index is 1480. The van der Waals surface area contributed by atoms with Gasteiger partial charge in [0.25, 0.3) is 5.91 Å². The average molecular weight is 567 g/mol. The number of carbonyl (C=O) groups excluding carboxylic acids is 1. The highest BCUT2D eigenvalue weighted by Gasteiger charge is 2.55. The van der Waals surface area contributed by atoms with E-state index in [1.165, 1.54) is 6.92 Å². The third-order valence-corrected chi connectivity index (χ3v) is 8.75. The van der Waals surface area contributed by atoms with Crippen LogP contribution in [0.5, 0.6) is 0 Å². The van der Waals surface area contributed by atoms with Crippen LogP contribution < -0.4 is 5.32 Å². The maximum absolute atomic E-state index is 13.9. The lowest BCUT2D eigenvalue weighted by atomic mass is 9.75. The molecule has 12 heteroatoms. The van der Waals surface area contributed by atoms with Crippen LogP contribution in [0.1, 0.15) is 49.7 Å². The molecule has 7 nitrogen and oxygen atoms in total. The molecule has 3 N–H and O–H groups in total. The first-order valence-corrected chi connectivity index (χ1v) is 13.0. The summed E-state index contributed by atoms with van der Waals surface area (Å²) in [5.41, 5.74) is -3.06. The Morgan fingerprint density at radius 1 is 1.24 bits per heavy atom. The van der Waals surface area contributed by atoms with Gasteiger partial charge >= 0.3 is 0 Å². The highest BCUT2D eigenvalue weighted by Crippen LogP contribution is 2.52. The molecule has 0 spiro atoms. The number of hydrogen-bond acceptors (Lipinski definition) is 6. The molecule has 2 aromatic rings. The lowest BCUT2D eigenvalue weighted by Crippen LogP contribution is -2.51. The second-order valence-corrected chi connectivity index (χ2v) is 11.5. The molecule has 202 valence electrons. The Morgan fingerprint density at radius 2 is 1.84 bits per heavy atom. The number of amides is 1. The zero-order valence-electron chi connectivity index (χ0n) is 24.4. The summed E-state index contributed by atoms with van der Waals surface area (Å²) in [6, 6.07) is 3.93. The van der Waals surface area contributed by atoms with Gasteiger partial charge in [0.2, 0.25) is 0 Å². The molecule has 4 unspecified atom stereocenters. The number of sulfone groups is 1. The van der Waals surface area contributed by atoms with Crippen molar-refractivity contribution in [3.63, 3.8) is 0 Å². The predicted octanol–water partition coefficient (Wildman–Crippen LogP) is 4.10. The number of nitrogens with one attached hydrogen (secondary N) is 1. The molecular weight excluding hydrogens is 535 g/mol. The minimum absolute atomic E-state index is 0.264. The SMILES string of the molecule is [2H]C1([2H])C2CC([2H])(S(=O)(=O)c3cc(C(=O)Nc4cc(F)c(F)c(F)c4)ccc3Cl)C[C@@H](C2(O)COCC(C)O)C1([2H])[2H]. The van der Waals surface area contributed by atoms with Gasteiger partial charge in [0, 0.05) is 30.2 Å². The van der Waals surface area contributed by atoms with Crippen molar-refractivity contribution in [2.24, 2.45) is 11.8 Å². The normalized spacial score (nSPS) is 32.9. The number of hydrogen-bond donors (Lipinski definition) is 3. The van der Waals surface area contributed by atoms with Crippen LogP contribution in [-0.2, 0) is 14.6 Å². The number of benzene rings is 2. The van der Waals surface area contributed by atoms with Gasteiger partial charge in [-0.3, -0.25) is 4.79 Å². The molecule has 4 rings (SSSR count). The van der Waals surface area contributed by atoms with E-state index in [2.05, 4.69) is 5.32 Å². The molecule has 2 fully saturated rings. The van der Waals surface area contributed by atoms with Gasteiger partial charge in [-0.25, -0.2) is 21.6 Å². The third-order valence-electron chi connectivity index (χ3n) is 6.30. The first kappa shape index (κ1) is 21.7. The fourth-order valence-electron chi connectivity index (χ4n) is 4.34. The van der Waals surface area contributed by atoms with E-state index in [0.29, 0.717) is 12.1 Å². The van der Waals surface area contributed by atoms with E-state index in [9.17, 15) is 36.6 Å². The van der Waals surface area contributed by atoms with E-state index < -0.39 is 110 Å². The lowest BCUT2D eigenvalue weighted by Gasteiger charge is -2.42. The van der Waals surface area contributed by atoms with Crippen LogP contribution in [0.3, 0.4) is 0 Å². The molecule has 0 aliphatic heterocycles. The van der Waals surface area contributed by atoms with Gasteiger partial charge in [-0.2, -0.15) is 0 Å². The number of fused-ring (bicyclic) bond motifs is 2. The largest absolute Gasteiger partial charge is 0.391 e. The minimum atomic E-state index is -4.89. The number of aliphatic hydroxyl groups excluding tert-OH is 1. The van der Waals surface area contributed by atoms with Gasteiger partial charge < -0.3 is 20.3 Å². The van der Waals surface area contributed by atoms with Crippen molar-refractivity contribution >= 4 is 33.0 Å². The van der Waals surface area contributed by atoms with Gasteiger partial charge in [-0.05, 0) is 62.5 Å². The summed E-state index contributed by atoms with van der Waals surface area (Å²) >= 11 is 6.16. The highest BCUT2D eigenvalue weighted by molar-refractivity contribution is 7.92. The average Bonchev–Trinajstić information content (AvgIpc) is 2.92. The Morgan fingerprint density at radius 3 is 2.41 bits per heavy atom. The number of ether oxygens (including phenoxy) is 1. The van der Waals surface area contributed by atoms with Crippen LogP contribution in [0.4, 0.5) is 18.9 Å². The minimum Gasteiger partial charge on any atom is -0.391 e. The van der Waals surface area contributed by atoms with E-state index >= 15 is 0 Å². The zero-order valence-corrected chi connectivity index (χ0v) is 21.0. The summed E-state index contributed by atoms with van der Waals surface area (Å²) in [6.45, 7) is 0.511. The van der Waals surface area contributed by atoms with Gasteiger partial charge in [0.15, 0.2) is 27.3 Å². The molecule has 1 amide bonds. The monoisotopic (exact) mass is 566 g/mol. The summed E-state index contributed by atoms with van der Waals surface area (Å²) < 4.78 is 116. The summed E-state index contributed by atoms with van der Waals surface area (Å²) in [7, 11) is -4.89. The Labute approximate surface area is 224 Å². The summed E-state index contributed by atoms with van der Waals surface area (Å²) in [4.78, 5) is 12.1. The van der Waals surface area contributed by atoms with Crippen molar-refractivity contribution in [1.29, 1.82) is 0 Å². The number of carbonyl (C=O) groups is 1. The molecule has 0 radical (unpaired) electrons. The van der Waals surface area contributed by atoms with Crippen molar-refractivity contribution in [2.75, 3.05) is 18.5 Å². The molecule has 2 bridgehead atoms.